The molecule has 3 rings (SSSR count). The number of anilines is 2. The largest absolute Gasteiger partial charge is 0.343 e. The minimum absolute atomic E-state index is 0.176. The molecule has 32 heavy (non-hydrogen) atoms. The first-order chi connectivity index (χ1) is 15.2. The van der Waals surface area contributed by atoms with Gasteiger partial charge in [-0.15, -0.1) is 10.2 Å². The van der Waals surface area contributed by atoms with Crippen molar-refractivity contribution in [3.63, 3.8) is 0 Å². The normalized spacial score (nSPS) is 10.6. The Balaban J connectivity index is 1.46. The van der Waals surface area contributed by atoms with Crippen molar-refractivity contribution in [1.29, 1.82) is 0 Å². The molecule has 3 aromatic rings. The number of aryl methyl sites for hydroxylation is 3. The van der Waals surface area contributed by atoms with Crippen LogP contribution in [0.4, 0.5) is 11.4 Å². The van der Waals surface area contributed by atoms with Crippen molar-refractivity contribution >= 4 is 40.9 Å². The average Bonchev–Trinajstić information content (AvgIpc) is 3.28. The van der Waals surface area contributed by atoms with Crippen LogP contribution in [0, 0.1) is 13.8 Å². The van der Waals surface area contributed by atoms with Crippen LogP contribution in [0.5, 0.6) is 0 Å². The molecule has 0 saturated carbocycles. The first-order valence-corrected chi connectivity index (χ1v) is 10.7. The van der Waals surface area contributed by atoms with Gasteiger partial charge in [0, 0.05) is 25.3 Å². The number of nitrogens with one attached hydrogen (secondary N) is 3. The number of amides is 3. The molecule has 0 aliphatic rings. The smallest absolute Gasteiger partial charge is 0.251 e. The highest BCUT2D eigenvalue weighted by atomic mass is 32.2. The zero-order valence-corrected chi connectivity index (χ0v) is 19.0. The summed E-state index contributed by atoms with van der Waals surface area (Å²) in [6.07, 6.45) is 1.56. The topological polar surface area (TPSA) is 136 Å². The van der Waals surface area contributed by atoms with E-state index in [-0.39, 0.29) is 24.1 Å². The number of nitrogens with zero attached hydrogens (tertiary/aromatic N) is 5. The Morgan fingerprint density at radius 1 is 1.03 bits per heavy atom. The van der Waals surface area contributed by atoms with Crippen molar-refractivity contribution in [2.45, 2.75) is 19.0 Å². The van der Waals surface area contributed by atoms with E-state index in [4.69, 9.17) is 0 Å². The number of carbonyl (C=O) groups excluding carboxylic acids is 3. The Bertz CT molecular complexity index is 1140. The second kappa shape index (κ2) is 10.1. The highest BCUT2D eigenvalue weighted by molar-refractivity contribution is 7.99. The average molecular weight is 457 g/mol. The lowest BCUT2D eigenvalue weighted by molar-refractivity contribution is -0.115. The minimum Gasteiger partial charge on any atom is -0.343 e. The third-order valence-electron chi connectivity index (χ3n) is 4.62. The van der Waals surface area contributed by atoms with Crippen LogP contribution in [0.2, 0.25) is 0 Å². The minimum atomic E-state index is -0.393. The van der Waals surface area contributed by atoms with Gasteiger partial charge < -0.3 is 20.5 Å². The van der Waals surface area contributed by atoms with Crippen molar-refractivity contribution in [3.8, 4) is 0 Å². The van der Waals surface area contributed by atoms with E-state index in [1.54, 1.807) is 60.9 Å². The van der Waals surface area contributed by atoms with Gasteiger partial charge in [0.05, 0.1) is 29.4 Å². The molecule has 3 amide bonds. The molecule has 0 saturated heterocycles. The van der Waals surface area contributed by atoms with Crippen LogP contribution in [0.3, 0.4) is 0 Å². The Hall–Kier alpha value is -3.67. The summed E-state index contributed by atoms with van der Waals surface area (Å²) < 4.78 is 3.41. The number of carbonyl (C=O) groups is 3. The first kappa shape index (κ1) is 23.0. The summed E-state index contributed by atoms with van der Waals surface area (Å²) in [4.78, 5) is 36.6. The number of benzene rings is 1. The van der Waals surface area contributed by atoms with Crippen LogP contribution in [0.25, 0.3) is 0 Å². The number of aromatic nitrogens is 5. The second-order valence-electron chi connectivity index (χ2n) is 7.04. The third-order valence-corrected chi connectivity index (χ3v) is 5.65. The molecule has 2 heterocycles. The fraction of sp³-hybridized carbons (Fsp3) is 0.300. The van der Waals surface area contributed by atoms with Gasteiger partial charge in [-0.05, 0) is 38.1 Å². The zero-order chi connectivity index (χ0) is 23.3. The van der Waals surface area contributed by atoms with Crippen LogP contribution in [-0.2, 0) is 23.7 Å². The Kier molecular flexibility index (Phi) is 7.25. The molecule has 0 bridgehead atoms. The molecular formula is C20H24N8O3S. The van der Waals surface area contributed by atoms with Gasteiger partial charge >= 0.3 is 0 Å². The van der Waals surface area contributed by atoms with Crippen LogP contribution in [-0.4, -0.2) is 54.6 Å². The van der Waals surface area contributed by atoms with Gasteiger partial charge in [0.25, 0.3) is 5.91 Å². The number of hydrogen-bond donors (Lipinski definition) is 3. The Morgan fingerprint density at radius 3 is 2.34 bits per heavy atom. The standard InChI is InChI=1S/C20H24N8O3S/c1-12-18(13(2)28(4)26-12)24-16(29)9-21-19(31)14-5-7-15(8-6-14)23-17(30)10-32-20-25-22-11-27(20)3/h5-8,11H,9-10H2,1-4H3,(H,21,31)(H,23,30)(H,24,29). The molecule has 168 valence electrons. The van der Waals surface area contributed by atoms with Gasteiger partial charge in [0.15, 0.2) is 5.16 Å². The van der Waals surface area contributed by atoms with Crippen molar-refractivity contribution in [2.24, 2.45) is 14.1 Å². The van der Waals surface area contributed by atoms with E-state index in [1.807, 2.05) is 6.92 Å². The van der Waals surface area contributed by atoms with Gasteiger partial charge in [-0.2, -0.15) is 5.10 Å². The van der Waals surface area contributed by atoms with E-state index in [0.717, 1.165) is 5.69 Å². The van der Waals surface area contributed by atoms with E-state index in [1.165, 1.54) is 11.8 Å². The van der Waals surface area contributed by atoms with Crippen molar-refractivity contribution in [3.05, 3.63) is 47.5 Å². The molecule has 0 fully saturated rings. The quantitative estimate of drug-likeness (QED) is 0.434. The van der Waals surface area contributed by atoms with Crippen LogP contribution in [0.1, 0.15) is 21.7 Å². The molecular weight excluding hydrogens is 432 g/mol. The summed E-state index contributed by atoms with van der Waals surface area (Å²) in [5.74, 6) is -0.759. The van der Waals surface area contributed by atoms with Crippen LogP contribution < -0.4 is 16.0 Å². The summed E-state index contributed by atoms with van der Waals surface area (Å²) in [5, 5.41) is 20.7. The van der Waals surface area contributed by atoms with E-state index in [9.17, 15) is 14.4 Å². The van der Waals surface area contributed by atoms with Gasteiger partial charge in [0.1, 0.15) is 6.33 Å². The lowest BCUT2D eigenvalue weighted by Gasteiger charge is -2.09. The fourth-order valence-corrected chi connectivity index (χ4v) is 3.52. The SMILES string of the molecule is Cc1nn(C)c(C)c1NC(=O)CNC(=O)c1ccc(NC(=O)CSc2nncn2C)cc1. The maximum atomic E-state index is 12.3. The second-order valence-corrected chi connectivity index (χ2v) is 7.98. The van der Waals surface area contributed by atoms with Crippen molar-refractivity contribution < 1.29 is 14.4 Å². The molecule has 2 aromatic heterocycles. The van der Waals surface area contributed by atoms with Gasteiger partial charge in [-0.1, -0.05) is 11.8 Å². The first-order valence-electron chi connectivity index (χ1n) is 9.69. The zero-order valence-electron chi connectivity index (χ0n) is 18.2. The summed E-state index contributed by atoms with van der Waals surface area (Å²) in [5.41, 5.74) is 3.11. The molecule has 0 atom stereocenters. The molecule has 3 N–H and O–H groups in total. The third kappa shape index (κ3) is 5.72. The maximum absolute atomic E-state index is 12.3. The van der Waals surface area contributed by atoms with Gasteiger partial charge in [-0.25, -0.2) is 0 Å². The van der Waals surface area contributed by atoms with Crippen molar-refractivity contribution in [2.75, 3.05) is 22.9 Å². The molecule has 0 spiro atoms. The summed E-state index contributed by atoms with van der Waals surface area (Å²) in [7, 11) is 3.59. The molecule has 1 aromatic carbocycles. The molecule has 12 heteroatoms. The van der Waals surface area contributed by atoms with E-state index in [2.05, 4.69) is 31.2 Å². The van der Waals surface area contributed by atoms with E-state index in [0.29, 0.717) is 27.8 Å². The van der Waals surface area contributed by atoms with Crippen molar-refractivity contribution in [1.82, 2.24) is 29.9 Å². The lowest BCUT2D eigenvalue weighted by atomic mass is 10.2. The van der Waals surface area contributed by atoms with Gasteiger partial charge in [-0.3, -0.25) is 19.1 Å². The highest BCUT2D eigenvalue weighted by Gasteiger charge is 2.14. The Morgan fingerprint density at radius 2 is 1.75 bits per heavy atom. The maximum Gasteiger partial charge on any atom is 0.251 e. The predicted molar refractivity (Wildman–Crippen MR) is 120 cm³/mol. The Labute approximate surface area is 189 Å². The van der Waals surface area contributed by atoms with Crippen LogP contribution >= 0.6 is 11.8 Å². The summed E-state index contributed by atoms with van der Waals surface area (Å²) in [6.45, 7) is 3.48. The molecule has 0 radical (unpaired) electrons. The van der Waals surface area contributed by atoms with E-state index >= 15 is 0 Å². The number of rotatable bonds is 8. The van der Waals surface area contributed by atoms with Gasteiger partial charge in [0.2, 0.25) is 11.8 Å². The van der Waals surface area contributed by atoms with Crippen LogP contribution in [0.15, 0.2) is 35.7 Å². The molecule has 11 nitrogen and oxygen atoms in total. The highest BCUT2D eigenvalue weighted by Crippen LogP contribution is 2.18. The number of hydrogen-bond acceptors (Lipinski definition) is 7. The lowest BCUT2D eigenvalue weighted by Crippen LogP contribution is -2.33. The predicted octanol–water partition coefficient (Wildman–Crippen LogP) is 1.26. The van der Waals surface area contributed by atoms with E-state index < -0.39 is 5.91 Å². The fourth-order valence-electron chi connectivity index (χ4n) is 2.84. The molecule has 0 unspecified atom stereocenters. The molecule has 0 aliphatic heterocycles. The monoisotopic (exact) mass is 456 g/mol. The number of thioether (sulfide) groups is 1. The summed E-state index contributed by atoms with van der Waals surface area (Å²) >= 11 is 1.27. The summed E-state index contributed by atoms with van der Waals surface area (Å²) in [6, 6.07) is 6.41. The molecule has 0 aliphatic carbocycles.